The number of nitrogens with zero attached hydrogens (tertiary/aromatic N) is 5. The van der Waals surface area contributed by atoms with Gasteiger partial charge in [0.05, 0.1) is 119 Å². The number of halogens is 2. The van der Waals surface area contributed by atoms with E-state index >= 15 is 0 Å². The summed E-state index contributed by atoms with van der Waals surface area (Å²) in [5.74, 6) is 2.73. The van der Waals surface area contributed by atoms with E-state index in [-0.39, 0.29) is 69.1 Å². The second-order valence-electron chi connectivity index (χ2n) is 25.2. The van der Waals surface area contributed by atoms with Crippen LogP contribution in [0.3, 0.4) is 0 Å². The van der Waals surface area contributed by atoms with Crippen molar-refractivity contribution in [2.75, 3.05) is 113 Å². The largest absolute Gasteiger partial charge is 0.508 e. The first-order valence-electron chi connectivity index (χ1n) is 35.7. The molecule has 3 atom stereocenters. The standard InChI is InChI=1S/C18H27NO4.C18H25NO4.C15H21NO3.C12H15NO3.C9H9NO2.C4H8O.C3H7BrO.C3H7I/c2*1-14(2)18(13-19,7-4-8-20)16-5-6-17(15(11-16)12-21)23-10-9-22-3;1-11(2)14(9-16)12-4-5-15(13(8-12)10-17)19-7-6-18-3;1-15-6-7-16-12-3-2-10(4-5-13)8-11(12)9-14;10-4-3-7-1-2-9(12)8(5-7)6-11;1-2-4-5-3-1;4-2-1-3-5;1-3(2)4/h5-6,11,14,20-21H,4,7-10,12H2,1-3H3;5-6,8,11,14,21H,4,7,9-10,12H2,1-3H3;4-5,8,11,14,17H,6-7,10H2,1-3H3;2-3,8,14H,4,6-7,9H2,1H3;1-2,5,11-12H,3,6H2;1-4H2;5H,1-3H2;3H,1-2H3. The Morgan fingerprint density at radius 3 is 1.18 bits per heavy atom. The topological polar surface area (TPSA) is 381 Å². The highest BCUT2D eigenvalue weighted by atomic mass is 127. The molecule has 1 aliphatic heterocycles. The van der Waals surface area contributed by atoms with E-state index in [9.17, 15) is 41.0 Å². The van der Waals surface area contributed by atoms with Gasteiger partial charge in [-0.2, -0.15) is 26.3 Å². The normalized spacial score (nSPS) is 12.3. The monoisotopic (exact) mass is 1670 g/mol. The highest BCUT2D eigenvalue weighted by Gasteiger charge is 2.37. The van der Waals surface area contributed by atoms with Gasteiger partial charge in [-0.25, -0.2) is 0 Å². The minimum Gasteiger partial charge on any atom is -0.508 e. The van der Waals surface area contributed by atoms with Crippen LogP contribution < -0.4 is 18.9 Å². The fraction of sp³-hybridized carbons (Fsp3) is 0.561. The summed E-state index contributed by atoms with van der Waals surface area (Å²) < 4.78 is 47.6. The van der Waals surface area contributed by atoms with Crippen molar-refractivity contribution in [1.29, 1.82) is 26.3 Å². The molecule has 107 heavy (non-hydrogen) atoms. The van der Waals surface area contributed by atoms with E-state index in [2.05, 4.69) is 76.6 Å². The van der Waals surface area contributed by atoms with E-state index < -0.39 is 10.8 Å². The molecule has 1 heterocycles. The number of benzene rings is 5. The Morgan fingerprint density at radius 1 is 0.505 bits per heavy atom. The molecular weight excluding hydrogens is 1550 g/mol. The zero-order valence-corrected chi connectivity index (χ0v) is 68.6. The van der Waals surface area contributed by atoms with E-state index in [4.69, 9.17) is 73.6 Å². The Kier molecular flexibility index (Phi) is 60.9. The van der Waals surface area contributed by atoms with Crippen LogP contribution in [-0.4, -0.2) is 164 Å². The van der Waals surface area contributed by atoms with Gasteiger partial charge in [-0.3, -0.25) is 0 Å². The first-order valence-corrected chi connectivity index (χ1v) is 38.1. The number of hydrogen-bond acceptors (Lipinski definition) is 23. The van der Waals surface area contributed by atoms with Gasteiger partial charge in [0.1, 0.15) is 61.5 Å². The molecule has 8 N–H and O–H groups in total. The number of nitriles is 5. The number of phenols is 1. The molecule has 0 aromatic heterocycles. The zero-order chi connectivity index (χ0) is 80.9. The van der Waals surface area contributed by atoms with Crippen molar-refractivity contribution in [3.63, 3.8) is 0 Å². The van der Waals surface area contributed by atoms with Crippen LogP contribution >= 0.6 is 38.5 Å². The number of methoxy groups -OCH3 is 4. The molecule has 0 saturated carbocycles. The van der Waals surface area contributed by atoms with Crippen LogP contribution in [0.2, 0.25) is 0 Å². The molecule has 6 rings (SSSR count). The number of aliphatic hydroxyl groups excluding tert-OH is 7. The van der Waals surface area contributed by atoms with Gasteiger partial charge in [-0.15, -0.1) is 0 Å². The van der Waals surface area contributed by atoms with Gasteiger partial charge < -0.3 is 88.3 Å². The lowest BCUT2D eigenvalue weighted by molar-refractivity contribution is -0.108. The summed E-state index contributed by atoms with van der Waals surface area (Å²) in [5, 5.41) is 119. The van der Waals surface area contributed by atoms with Gasteiger partial charge in [0.15, 0.2) is 0 Å². The van der Waals surface area contributed by atoms with Crippen molar-refractivity contribution in [3.8, 4) is 59.1 Å². The third kappa shape index (κ3) is 40.8. The molecule has 1 saturated heterocycles. The number of alkyl halides is 2. The van der Waals surface area contributed by atoms with Crippen LogP contribution in [-0.2, 0) is 85.2 Å². The van der Waals surface area contributed by atoms with E-state index in [0.29, 0.717) is 149 Å². The Labute approximate surface area is 658 Å². The number of ether oxygens (including phenoxy) is 9. The average molecular weight is 1670 g/mol. The summed E-state index contributed by atoms with van der Waals surface area (Å²) in [7, 11) is 6.41. The summed E-state index contributed by atoms with van der Waals surface area (Å²) in [6.07, 6.45) is 6.81. The van der Waals surface area contributed by atoms with Crippen molar-refractivity contribution in [1.82, 2.24) is 0 Å². The third-order valence-electron chi connectivity index (χ3n) is 16.1. The number of carbonyl (C=O) groups is 1. The van der Waals surface area contributed by atoms with Gasteiger partial charge in [0, 0.05) is 98.4 Å². The quantitative estimate of drug-likeness (QED) is 0.00792. The highest BCUT2D eigenvalue weighted by Crippen LogP contribution is 2.40. The summed E-state index contributed by atoms with van der Waals surface area (Å²) >= 11 is 5.49. The van der Waals surface area contributed by atoms with Crippen molar-refractivity contribution >= 4 is 44.8 Å². The van der Waals surface area contributed by atoms with Crippen molar-refractivity contribution in [2.24, 2.45) is 17.8 Å². The molecule has 23 nitrogen and oxygen atoms in total. The van der Waals surface area contributed by atoms with Gasteiger partial charge >= 0.3 is 0 Å². The Balaban J connectivity index is 0. The van der Waals surface area contributed by atoms with Crippen LogP contribution in [0.25, 0.3) is 0 Å². The third-order valence-corrected chi connectivity index (χ3v) is 16.7. The molecule has 1 fully saturated rings. The Hall–Kier alpha value is -7.05. The second-order valence-corrected chi connectivity index (χ2v) is 28.5. The molecule has 0 bridgehead atoms. The minimum absolute atomic E-state index is 0.0410. The predicted octanol–water partition coefficient (Wildman–Crippen LogP) is 13.1. The molecule has 5 aromatic rings. The van der Waals surface area contributed by atoms with Crippen molar-refractivity contribution in [2.45, 2.75) is 167 Å². The van der Waals surface area contributed by atoms with E-state index in [1.54, 1.807) is 70.9 Å². The van der Waals surface area contributed by atoms with Gasteiger partial charge in [0.2, 0.25) is 0 Å². The second kappa shape index (κ2) is 63.8. The Bertz CT molecular complexity index is 3370. The molecule has 0 aliphatic carbocycles. The van der Waals surface area contributed by atoms with Crippen LogP contribution in [0.4, 0.5) is 0 Å². The fourth-order valence-electron chi connectivity index (χ4n) is 10.2. The van der Waals surface area contributed by atoms with Gasteiger partial charge in [-0.1, -0.05) is 124 Å². The highest BCUT2D eigenvalue weighted by molar-refractivity contribution is 14.1. The van der Waals surface area contributed by atoms with Gasteiger partial charge in [-0.05, 0) is 145 Å². The lowest BCUT2D eigenvalue weighted by Gasteiger charge is -2.32. The van der Waals surface area contributed by atoms with Gasteiger partial charge in [0.25, 0.3) is 0 Å². The van der Waals surface area contributed by atoms with Crippen LogP contribution in [0.1, 0.15) is 162 Å². The predicted molar refractivity (Wildman–Crippen MR) is 425 cm³/mol. The first-order chi connectivity index (χ1) is 51.5. The summed E-state index contributed by atoms with van der Waals surface area (Å²) in [5.41, 5.74) is 5.97. The molecule has 0 radical (unpaired) electrons. The van der Waals surface area contributed by atoms with E-state index in [0.717, 1.165) is 63.0 Å². The first kappa shape index (κ1) is 102. The number of aliphatic hydroxyl groups is 7. The molecule has 0 spiro atoms. The maximum Gasteiger partial charge on any atom is 0.124 e. The molecule has 0 amide bonds. The van der Waals surface area contributed by atoms with Crippen LogP contribution in [0, 0.1) is 74.4 Å². The molecule has 25 heteroatoms. The van der Waals surface area contributed by atoms with E-state index in [1.165, 1.54) is 18.9 Å². The van der Waals surface area contributed by atoms with Crippen molar-refractivity contribution in [3.05, 3.63) is 147 Å². The minimum atomic E-state index is -0.754. The van der Waals surface area contributed by atoms with Crippen LogP contribution in [0.5, 0.6) is 28.7 Å². The summed E-state index contributed by atoms with van der Waals surface area (Å²) in [4.78, 5) is 10.8. The summed E-state index contributed by atoms with van der Waals surface area (Å²) in [6, 6.07) is 37.8. The number of aromatic hydroxyl groups is 1. The number of rotatable bonds is 37. The van der Waals surface area contributed by atoms with E-state index in [1.807, 2.05) is 90.1 Å². The molecule has 3 unspecified atom stereocenters. The maximum absolute atomic E-state index is 10.8. The number of carbonyl (C=O) groups excluding carboxylic acids is 1. The maximum atomic E-state index is 10.8. The lowest BCUT2D eigenvalue weighted by atomic mass is 9.69. The summed E-state index contributed by atoms with van der Waals surface area (Å²) in [6.45, 7) is 21.5. The average Bonchev–Trinajstić information content (AvgIpc) is 1.40. The zero-order valence-electron chi connectivity index (χ0n) is 64.9. The number of hydrogen-bond donors (Lipinski definition) is 8. The number of aldehydes is 1. The SMILES string of the molecule is C1CCOC1.CC(C)I.COCCOc1ccc(C(C#N)(CCC=O)C(C)C)cc1CO.COCCOc1ccc(C(C#N)(CCCO)C(C)C)cc1CO.COCCOc1ccc(C(C#N)C(C)C)cc1CO.COCCOc1ccc(CC#N)cc1CO.N#CCc1ccc(O)c(CO)c1.OCCCBr. The fourth-order valence-corrected chi connectivity index (χ4v) is 10.4. The Morgan fingerprint density at radius 2 is 0.869 bits per heavy atom. The molecule has 1 aliphatic rings. The molecular formula is C82H119BrIN5O18. The molecule has 594 valence electrons. The lowest BCUT2D eigenvalue weighted by Crippen LogP contribution is -2.31. The molecule has 5 aromatic carbocycles. The smallest absolute Gasteiger partial charge is 0.124 e. The van der Waals surface area contributed by atoms with Crippen molar-refractivity contribution < 1.29 is 88.3 Å². The van der Waals surface area contributed by atoms with Crippen LogP contribution in [0.15, 0.2) is 91.0 Å².